The first-order chi connectivity index (χ1) is 10.1. The zero-order valence-corrected chi connectivity index (χ0v) is 13.8. The first-order valence-corrected chi connectivity index (χ1v) is 8.55. The van der Waals surface area contributed by atoms with Gasteiger partial charge < -0.3 is 4.90 Å². The van der Waals surface area contributed by atoms with Gasteiger partial charge >= 0.3 is 0 Å². The topological polar surface area (TPSA) is 55.2 Å². The quantitative estimate of drug-likeness (QED) is 0.780. The molecule has 116 valence electrons. The molecule has 2 heterocycles. The van der Waals surface area contributed by atoms with E-state index < -0.39 is 0 Å². The van der Waals surface area contributed by atoms with E-state index in [0.717, 1.165) is 31.1 Å². The second-order valence-electron chi connectivity index (χ2n) is 5.42. The molecule has 1 atom stereocenters. The summed E-state index contributed by atoms with van der Waals surface area (Å²) in [5, 5.41) is 0.728. The zero-order chi connectivity index (χ0) is 15.4. The summed E-state index contributed by atoms with van der Waals surface area (Å²) in [6.45, 7) is 7.89. The van der Waals surface area contributed by atoms with Crippen LogP contribution in [0.15, 0.2) is 16.1 Å². The lowest BCUT2D eigenvalue weighted by atomic mass is 10.1. The van der Waals surface area contributed by atoms with E-state index >= 15 is 0 Å². The highest BCUT2D eigenvalue weighted by molar-refractivity contribution is 7.99. The molecular formula is C15H23N3O2S. The van der Waals surface area contributed by atoms with Crippen LogP contribution >= 0.6 is 11.8 Å². The predicted octanol–water partition coefficient (Wildman–Crippen LogP) is 1.92. The fourth-order valence-corrected chi connectivity index (χ4v) is 3.52. The molecule has 5 nitrogen and oxygen atoms in total. The Morgan fingerprint density at radius 1 is 1.52 bits per heavy atom. The van der Waals surface area contributed by atoms with E-state index in [4.69, 9.17) is 0 Å². The third-order valence-corrected chi connectivity index (χ3v) is 4.98. The molecule has 0 fully saturated rings. The van der Waals surface area contributed by atoms with Crippen molar-refractivity contribution < 1.29 is 4.79 Å². The van der Waals surface area contributed by atoms with Gasteiger partial charge in [0, 0.05) is 37.1 Å². The summed E-state index contributed by atoms with van der Waals surface area (Å²) < 4.78 is 1.65. The molecule has 1 unspecified atom stereocenters. The Morgan fingerprint density at radius 3 is 2.95 bits per heavy atom. The lowest BCUT2D eigenvalue weighted by molar-refractivity contribution is -0.135. The highest BCUT2D eigenvalue weighted by Gasteiger charge is 2.29. The maximum Gasteiger partial charge on any atom is 0.257 e. The normalized spacial score (nSPS) is 17.4. The minimum absolute atomic E-state index is 0.0263. The Balaban J connectivity index is 2.15. The maximum atomic E-state index is 12.6. The smallest absolute Gasteiger partial charge is 0.257 e. The molecule has 1 aromatic heterocycles. The molecule has 0 aromatic carbocycles. The number of aryl methyl sites for hydroxylation is 1. The number of unbranched alkanes of at least 4 members (excludes halogenated alkanes) is 1. The lowest BCUT2D eigenvalue weighted by Crippen LogP contribution is -2.43. The van der Waals surface area contributed by atoms with Gasteiger partial charge in [-0.15, -0.1) is 0 Å². The van der Waals surface area contributed by atoms with Crippen LogP contribution in [0.3, 0.4) is 0 Å². The number of amides is 1. The Kier molecular flexibility index (Phi) is 5.45. The summed E-state index contributed by atoms with van der Waals surface area (Å²) in [7, 11) is 0. The van der Waals surface area contributed by atoms with Crippen LogP contribution in [-0.4, -0.2) is 39.2 Å². The Bertz CT molecular complexity index is 571. The van der Waals surface area contributed by atoms with Crippen LogP contribution in [0.4, 0.5) is 0 Å². The molecular weight excluding hydrogens is 286 g/mol. The van der Waals surface area contributed by atoms with Gasteiger partial charge in [0.25, 0.3) is 5.56 Å². The maximum absolute atomic E-state index is 12.6. The van der Waals surface area contributed by atoms with Crippen LogP contribution < -0.4 is 5.56 Å². The number of hydrogen-bond acceptors (Lipinski definition) is 4. The number of hydrogen-bond donors (Lipinski definition) is 0. The Labute approximate surface area is 129 Å². The van der Waals surface area contributed by atoms with E-state index in [-0.39, 0.29) is 17.4 Å². The van der Waals surface area contributed by atoms with Crippen molar-refractivity contribution in [2.45, 2.75) is 45.3 Å². The van der Waals surface area contributed by atoms with E-state index in [9.17, 15) is 9.59 Å². The molecule has 1 aliphatic rings. The van der Waals surface area contributed by atoms with E-state index in [0.29, 0.717) is 17.9 Å². The second-order valence-corrected chi connectivity index (χ2v) is 6.41. The fourth-order valence-electron chi connectivity index (χ4n) is 2.48. The summed E-state index contributed by atoms with van der Waals surface area (Å²) in [4.78, 5) is 31.0. The van der Waals surface area contributed by atoms with Crippen LogP contribution in [0, 0.1) is 12.8 Å². The molecule has 0 N–H and O–H groups in total. The third kappa shape index (κ3) is 3.48. The van der Waals surface area contributed by atoms with Gasteiger partial charge in [0.15, 0.2) is 5.16 Å². The van der Waals surface area contributed by atoms with Crippen LogP contribution in [0.5, 0.6) is 0 Å². The van der Waals surface area contributed by atoms with Crippen molar-refractivity contribution in [1.82, 2.24) is 14.5 Å². The SMILES string of the molecule is CCCCN(CC)C(=O)C1CSc2ncc(C)c(=O)n2C1. The molecule has 0 saturated carbocycles. The molecule has 0 spiro atoms. The number of rotatable bonds is 5. The van der Waals surface area contributed by atoms with Gasteiger partial charge in [-0.3, -0.25) is 14.2 Å². The van der Waals surface area contributed by atoms with Gasteiger partial charge in [-0.05, 0) is 20.3 Å². The molecule has 21 heavy (non-hydrogen) atoms. The van der Waals surface area contributed by atoms with Crippen molar-refractivity contribution in [3.8, 4) is 0 Å². The Hall–Kier alpha value is -1.30. The van der Waals surface area contributed by atoms with E-state index in [2.05, 4.69) is 11.9 Å². The average molecular weight is 309 g/mol. The van der Waals surface area contributed by atoms with Crippen LogP contribution in [0.25, 0.3) is 0 Å². The second kappa shape index (κ2) is 7.11. The summed E-state index contributed by atoms with van der Waals surface area (Å²) in [6, 6.07) is 0. The lowest BCUT2D eigenvalue weighted by Gasteiger charge is -2.29. The number of aromatic nitrogens is 2. The molecule has 1 amide bonds. The van der Waals surface area contributed by atoms with Gasteiger partial charge in [0.2, 0.25) is 5.91 Å². The summed E-state index contributed by atoms with van der Waals surface area (Å²) in [5.41, 5.74) is 0.604. The summed E-state index contributed by atoms with van der Waals surface area (Å²) in [6.07, 6.45) is 3.72. The van der Waals surface area contributed by atoms with Gasteiger partial charge in [-0.25, -0.2) is 4.98 Å². The molecule has 0 saturated heterocycles. The zero-order valence-electron chi connectivity index (χ0n) is 13.0. The molecule has 0 aliphatic carbocycles. The molecule has 1 aliphatic heterocycles. The molecule has 0 bridgehead atoms. The molecule has 2 rings (SSSR count). The van der Waals surface area contributed by atoms with Crippen molar-refractivity contribution in [3.63, 3.8) is 0 Å². The number of carbonyl (C=O) groups excluding carboxylic acids is 1. The number of thioether (sulfide) groups is 1. The van der Waals surface area contributed by atoms with E-state index in [1.54, 1.807) is 17.7 Å². The standard InChI is InChI=1S/C15H23N3O2S/c1-4-6-7-17(5-2)14(20)12-9-18-13(19)11(3)8-16-15(18)21-10-12/h8,12H,4-7,9-10H2,1-3H3. The van der Waals surface area contributed by atoms with Crippen molar-refractivity contribution in [1.29, 1.82) is 0 Å². The number of fused-ring (bicyclic) bond motifs is 1. The Morgan fingerprint density at radius 2 is 2.29 bits per heavy atom. The predicted molar refractivity (Wildman–Crippen MR) is 84.6 cm³/mol. The highest BCUT2D eigenvalue weighted by atomic mass is 32.2. The van der Waals surface area contributed by atoms with Gasteiger partial charge in [-0.1, -0.05) is 25.1 Å². The van der Waals surface area contributed by atoms with Crippen LogP contribution in [0.1, 0.15) is 32.3 Å². The minimum atomic E-state index is -0.124. The van der Waals surface area contributed by atoms with E-state index in [1.807, 2.05) is 11.8 Å². The largest absolute Gasteiger partial charge is 0.343 e. The summed E-state index contributed by atoms with van der Waals surface area (Å²) in [5.74, 6) is 0.745. The van der Waals surface area contributed by atoms with Gasteiger partial charge in [0.1, 0.15) is 0 Å². The van der Waals surface area contributed by atoms with Crippen molar-refractivity contribution >= 4 is 17.7 Å². The average Bonchev–Trinajstić information content (AvgIpc) is 2.51. The monoisotopic (exact) mass is 309 g/mol. The van der Waals surface area contributed by atoms with Crippen molar-refractivity contribution in [2.75, 3.05) is 18.8 Å². The number of carbonyl (C=O) groups is 1. The first kappa shape index (κ1) is 16.1. The van der Waals surface area contributed by atoms with E-state index in [1.165, 1.54) is 11.8 Å². The van der Waals surface area contributed by atoms with Crippen molar-refractivity contribution in [3.05, 3.63) is 22.1 Å². The summed E-state index contributed by atoms with van der Waals surface area (Å²) >= 11 is 1.50. The van der Waals surface area contributed by atoms with Crippen LogP contribution in [0.2, 0.25) is 0 Å². The van der Waals surface area contributed by atoms with Crippen molar-refractivity contribution in [2.24, 2.45) is 5.92 Å². The fraction of sp³-hybridized carbons (Fsp3) is 0.667. The van der Waals surface area contributed by atoms with Gasteiger partial charge in [-0.2, -0.15) is 0 Å². The molecule has 0 radical (unpaired) electrons. The molecule has 6 heteroatoms. The first-order valence-electron chi connectivity index (χ1n) is 7.56. The third-order valence-electron chi connectivity index (χ3n) is 3.82. The molecule has 1 aromatic rings. The van der Waals surface area contributed by atoms with Gasteiger partial charge in [0.05, 0.1) is 5.92 Å². The minimum Gasteiger partial charge on any atom is -0.343 e. The number of nitrogens with zero attached hydrogens (tertiary/aromatic N) is 3. The van der Waals surface area contributed by atoms with Crippen LogP contribution in [-0.2, 0) is 11.3 Å². The highest BCUT2D eigenvalue weighted by Crippen LogP contribution is 2.26.